The van der Waals surface area contributed by atoms with Crippen LogP contribution in [0.5, 0.6) is 0 Å². The van der Waals surface area contributed by atoms with Crippen molar-refractivity contribution in [2.75, 3.05) is 13.2 Å². The Hall–Kier alpha value is -3.15. The van der Waals surface area contributed by atoms with Crippen LogP contribution in [0.15, 0.2) is 48.5 Å². The minimum Gasteiger partial charge on any atom is -0.454 e. The topological polar surface area (TPSA) is 84.5 Å². The Morgan fingerprint density at radius 2 is 1.70 bits per heavy atom. The van der Waals surface area contributed by atoms with Crippen LogP contribution < -0.4 is 10.6 Å². The van der Waals surface area contributed by atoms with Crippen molar-refractivity contribution in [2.24, 2.45) is 0 Å². The average molecular weight is 411 g/mol. The molecule has 0 bridgehead atoms. The van der Waals surface area contributed by atoms with Crippen LogP contribution in [0.25, 0.3) is 0 Å². The van der Waals surface area contributed by atoms with Crippen molar-refractivity contribution in [3.05, 3.63) is 70.8 Å². The van der Waals surface area contributed by atoms with Crippen LogP contribution >= 0.6 is 0 Å². The molecule has 0 aromatic heterocycles. The fraction of sp³-hybridized carbons (Fsp3) is 0.375. The number of hydrogen-bond donors (Lipinski definition) is 2. The van der Waals surface area contributed by atoms with Gasteiger partial charge in [0, 0.05) is 12.1 Å². The van der Waals surface area contributed by atoms with Gasteiger partial charge in [0.15, 0.2) is 6.61 Å². The van der Waals surface area contributed by atoms with Crippen LogP contribution in [0.4, 0.5) is 0 Å². The third-order valence-electron chi connectivity index (χ3n) is 4.71. The lowest BCUT2D eigenvalue weighted by Crippen LogP contribution is -2.41. The maximum atomic E-state index is 12.2. The van der Waals surface area contributed by atoms with Gasteiger partial charge in [-0.1, -0.05) is 55.8 Å². The van der Waals surface area contributed by atoms with Gasteiger partial charge < -0.3 is 15.4 Å². The summed E-state index contributed by atoms with van der Waals surface area (Å²) in [6.45, 7) is 7.77. The lowest BCUT2D eigenvalue weighted by Gasteiger charge is -2.14. The molecular weight excluding hydrogens is 380 g/mol. The molecule has 0 aliphatic heterocycles. The molecule has 0 unspecified atom stereocenters. The van der Waals surface area contributed by atoms with E-state index in [4.69, 9.17) is 4.74 Å². The number of ether oxygens (including phenoxy) is 1. The molecule has 1 atom stereocenters. The highest BCUT2D eigenvalue weighted by molar-refractivity contribution is 5.97. The summed E-state index contributed by atoms with van der Waals surface area (Å²) in [6.07, 6.45) is 0.695. The predicted octanol–water partition coefficient (Wildman–Crippen LogP) is 3.14. The van der Waals surface area contributed by atoms with Gasteiger partial charge >= 0.3 is 5.97 Å². The van der Waals surface area contributed by atoms with Gasteiger partial charge in [0.2, 0.25) is 0 Å². The van der Waals surface area contributed by atoms with E-state index in [0.717, 1.165) is 11.1 Å². The van der Waals surface area contributed by atoms with Crippen molar-refractivity contribution >= 4 is 17.8 Å². The van der Waals surface area contributed by atoms with E-state index in [-0.39, 0.29) is 18.4 Å². The van der Waals surface area contributed by atoms with Crippen LogP contribution in [-0.4, -0.2) is 37.0 Å². The van der Waals surface area contributed by atoms with Crippen molar-refractivity contribution < 1.29 is 19.1 Å². The fourth-order valence-corrected chi connectivity index (χ4v) is 2.85. The molecule has 2 N–H and O–H groups in total. The minimum atomic E-state index is -0.856. The number of amides is 2. The number of carbonyl (C=O) groups excluding carboxylic acids is 3. The first-order chi connectivity index (χ1) is 14.3. The third kappa shape index (κ3) is 7.35. The summed E-state index contributed by atoms with van der Waals surface area (Å²) in [5, 5.41) is 5.31. The van der Waals surface area contributed by atoms with Crippen molar-refractivity contribution in [1.82, 2.24) is 10.6 Å². The van der Waals surface area contributed by atoms with Crippen LogP contribution in [-0.2, 0) is 20.7 Å². The maximum Gasteiger partial charge on any atom is 0.328 e. The summed E-state index contributed by atoms with van der Waals surface area (Å²) in [5.74, 6) is -0.914. The highest BCUT2D eigenvalue weighted by Gasteiger charge is 2.19. The molecule has 0 spiro atoms. The lowest BCUT2D eigenvalue weighted by atomic mass is 10.0. The van der Waals surface area contributed by atoms with E-state index in [9.17, 15) is 14.4 Å². The zero-order valence-electron chi connectivity index (χ0n) is 18.0. The molecule has 0 saturated carbocycles. The van der Waals surface area contributed by atoms with Gasteiger partial charge in [0.1, 0.15) is 6.04 Å². The molecule has 160 valence electrons. The van der Waals surface area contributed by atoms with Crippen LogP contribution in [0.2, 0.25) is 0 Å². The molecule has 0 fully saturated rings. The Morgan fingerprint density at radius 1 is 1.00 bits per heavy atom. The second-order valence-electron chi connectivity index (χ2n) is 7.67. The molecule has 2 amide bonds. The van der Waals surface area contributed by atoms with E-state index in [1.54, 1.807) is 18.2 Å². The molecule has 6 heteroatoms. The lowest BCUT2D eigenvalue weighted by molar-refractivity contribution is -0.150. The van der Waals surface area contributed by atoms with Gasteiger partial charge in [-0.15, -0.1) is 0 Å². The number of aryl methyl sites for hydroxylation is 1. The molecule has 0 heterocycles. The van der Waals surface area contributed by atoms with E-state index >= 15 is 0 Å². The molecule has 0 aliphatic rings. The van der Waals surface area contributed by atoms with Gasteiger partial charge in [-0.25, -0.2) is 4.79 Å². The smallest absolute Gasteiger partial charge is 0.328 e. The summed E-state index contributed by atoms with van der Waals surface area (Å²) in [4.78, 5) is 36.1. The Morgan fingerprint density at radius 3 is 2.33 bits per heavy atom. The molecular formula is C24H30N2O4. The number of benzene rings is 2. The maximum absolute atomic E-state index is 12.2. The van der Waals surface area contributed by atoms with Gasteiger partial charge in [-0.05, 0) is 49.4 Å². The van der Waals surface area contributed by atoms with Gasteiger partial charge in [0.25, 0.3) is 11.8 Å². The molecule has 6 nitrogen and oxygen atoms in total. The number of nitrogens with one attached hydrogen (secondary N) is 2. The molecule has 0 aliphatic carbocycles. The van der Waals surface area contributed by atoms with Gasteiger partial charge in [-0.2, -0.15) is 0 Å². The first-order valence-electron chi connectivity index (χ1n) is 10.2. The summed E-state index contributed by atoms with van der Waals surface area (Å²) < 4.78 is 5.01. The Bertz CT molecular complexity index is 875. The van der Waals surface area contributed by atoms with E-state index in [2.05, 4.69) is 48.7 Å². The molecule has 2 aromatic rings. The van der Waals surface area contributed by atoms with Crippen LogP contribution in [0, 0.1) is 6.92 Å². The molecule has 2 aromatic carbocycles. The monoisotopic (exact) mass is 410 g/mol. The van der Waals surface area contributed by atoms with E-state index in [1.807, 2.05) is 13.0 Å². The predicted molar refractivity (Wildman–Crippen MR) is 116 cm³/mol. The first-order valence-corrected chi connectivity index (χ1v) is 10.2. The number of carbonyl (C=O) groups is 3. The second kappa shape index (κ2) is 11.1. The Balaban J connectivity index is 1.69. The zero-order valence-corrected chi connectivity index (χ0v) is 18.0. The second-order valence-corrected chi connectivity index (χ2v) is 7.67. The number of hydrogen-bond acceptors (Lipinski definition) is 4. The Labute approximate surface area is 178 Å². The largest absolute Gasteiger partial charge is 0.454 e. The summed E-state index contributed by atoms with van der Waals surface area (Å²) in [7, 11) is 0. The first kappa shape index (κ1) is 23.1. The molecule has 0 saturated heterocycles. The Kier molecular flexibility index (Phi) is 8.59. The summed E-state index contributed by atoms with van der Waals surface area (Å²) in [5.41, 5.74) is 3.82. The zero-order chi connectivity index (χ0) is 22.1. The number of rotatable bonds is 9. The SMILES string of the molecule is Cc1cccc(C(=O)N[C@@H](C)C(=O)OCC(=O)NCCc2ccc(C(C)C)cc2)c1. The highest BCUT2D eigenvalue weighted by Crippen LogP contribution is 2.14. The normalized spacial score (nSPS) is 11.6. The third-order valence-corrected chi connectivity index (χ3v) is 4.71. The average Bonchev–Trinajstić information content (AvgIpc) is 2.72. The minimum absolute atomic E-state index is 0.365. The van der Waals surface area contributed by atoms with Gasteiger partial charge in [-0.3, -0.25) is 9.59 Å². The standard InChI is InChI=1S/C24H30N2O4/c1-16(2)20-10-8-19(9-11-20)12-13-25-22(27)15-30-24(29)18(4)26-23(28)21-7-5-6-17(3)14-21/h5-11,14,16,18H,12-13,15H2,1-4H3,(H,25,27)(H,26,28)/t18-/m0/s1. The van der Waals surface area contributed by atoms with Crippen LogP contribution in [0.3, 0.4) is 0 Å². The van der Waals surface area contributed by atoms with Crippen molar-refractivity contribution in [2.45, 2.75) is 46.1 Å². The van der Waals surface area contributed by atoms with E-state index < -0.39 is 12.0 Å². The van der Waals surface area contributed by atoms with Gasteiger partial charge in [0.05, 0.1) is 0 Å². The van der Waals surface area contributed by atoms with Crippen molar-refractivity contribution in [3.63, 3.8) is 0 Å². The summed E-state index contributed by atoms with van der Waals surface area (Å²) in [6, 6.07) is 14.5. The molecule has 30 heavy (non-hydrogen) atoms. The van der Waals surface area contributed by atoms with Crippen molar-refractivity contribution in [3.8, 4) is 0 Å². The fourth-order valence-electron chi connectivity index (χ4n) is 2.85. The van der Waals surface area contributed by atoms with E-state index in [1.165, 1.54) is 12.5 Å². The highest BCUT2D eigenvalue weighted by atomic mass is 16.5. The number of esters is 1. The summed E-state index contributed by atoms with van der Waals surface area (Å²) >= 11 is 0. The van der Waals surface area contributed by atoms with Crippen LogP contribution in [0.1, 0.15) is 53.7 Å². The van der Waals surface area contributed by atoms with E-state index in [0.29, 0.717) is 24.4 Å². The quantitative estimate of drug-likeness (QED) is 0.622. The van der Waals surface area contributed by atoms with Crippen molar-refractivity contribution in [1.29, 1.82) is 0 Å². The molecule has 2 rings (SSSR count). The molecule has 0 radical (unpaired) electrons.